The Labute approximate surface area is 118 Å². The molecule has 0 amide bonds. The number of imidazole rings is 1. The molecule has 1 saturated heterocycles. The van der Waals surface area contributed by atoms with Gasteiger partial charge in [0.2, 0.25) is 0 Å². The van der Waals surface area contributed by atoms with Crippen LogP contribution in [0.4, 0.5) is 0 Å². The van der Waals surface area contributed by atoms with Gasteiger partial charge < -0.3 is 25.0 Å². The van der Waals surface area contributed by atoms with Crippen LogP contribution >= 0.6 is 12.2 Å². The number of aliphatic hydroxyl groups is 3. The standard InChI is InChI=1S/C11H14N4O4S/c1-4-6(16)7(17)8(18)11(19-4)15-3-14-5-9(15)12-2-13-10(5)20/h2-4,6-8,11,16-18H,1H3,(H,12,13,20)/t4-,6+,7-,8-,11+/m0/s1. The molecule has 0 unspecified atom stereocenters. The Bertz CT molecular complexity index is 686. The SMILES string of the molecule is C[C@@H]1O[C@@H](n2cnc3c(=S)nc[nH]c32)[C@@H](O)[C@@H](O)[C@@H]1O. The van der Waals surface area contributed by atoms with Gasteiger partial charge in [0.05, 0.1) is 18.8 Å². The van der Waals surface area contributed by atoms with Crippen LogP contribution in [0, 0.1) is 4.64 Å². The summed E-state index contributed by atoms with van der Waals surface area (Å²) in [5.41, 5.74) is 1.01. The number of nitrogens with one attached hydrogen (secondary N) is 1. The van der Waals surface area contributed by atoms with Gasteiger partial charge in [0.15, 0.2) is 10.9 Å². The average Bonchev–Trinajstić information content (AvgIpc) is 2.86. The number of aromatic amines is 1. The quantitative estimate of drug-likeness (QED) is 0.524. The summed E-state index contributed by atoms with van der Waals surface area (Å²) in [4.78, 5) is 10.9. The van der Waals surface area contributed by atoms with Crippen LogP contribution in [0.15, 0.2) is 12.7 Å². The third-order valence-electron chi connectivity index (χ3n) is 3.48. The molecular formula is C11H14N4O4S. The number of H-pyrrole nitrogens is 1. The van der Waals surface area contributed by atoms with Crippen LogP contribution < -0.4 is 0 Å². The van der Waals surface area contributed by atoms with E-state index in [4.69, 9.17) is 17.0 Å². The molecule has 1 fully saturated rings. The van der Waals surface area contributed by atoms with Crippen molar-refractivity contribution in [2.45, 2.75) is 37.6 Å². The first-order valence-electron chi connectivity index (χ1n) is 6.10. The maximum Gasteiger partial charge on any atom is 0.165 e. The summed E-state index contributed by atoms with van der Waals surface area (Å²) < 4.78 is 7.42. The summed E-state index contributed by atoms with van der Waals surface area (Å²) in [7, 11) is 0. The van der Waals surface area contributed by atoms with E-state index < -0.39 is 30.6 Å². The first-order chi connectivity index (χ1) is 9.50. The van der Waals surface area contributed by atoms with Gasteiger partial charge in [-0.25, -0.2) is 9.97 Å². The number of nitrogens with zero attached hydrogens (tertiary/aromatic N) is 3. The third kappa shape index (κ3) is 1.95. The summed E-state index contributed by atoms with van der Waals surface area (Å²) in [6.45, 7) is 1.62. The van der Waals surface area contributed by atoms with Gasteiger partial charge in [-0.2, -0.15) is 0 Å². The van der Waals surface area contributed by atoms with Crippen molar-refractivity contribution in [3.05, 3.63) is 17.3 Å². The molecule has 0 bridgehead atoms. The van der Waals surface area contributed by atoms with Crippen molar-refractivity contribution in [1.82, 2.24) is 19.5 Å². The molecule has 3 rings (SSSR count). The summed E-state index contributed by atoms with van der Waals surface area (Å²) >= 11 is 5.06. The van der Waals surface area contributed by atoms with Crippen molar-refractivity contribution in [3.8, 4) is 0 Å². The number of fused-ring (bicyclic) bond motifs is 1. The van der Waals surface area contributed by atoms with Crippen LogP contribution in [0.3, 0.4) is 0 Å². The number of aliphatic hydroxyl groups excluding tert-OH is 3. The van der Waals surface area contributed by atoms with E-state index in [1.807, 2.05) is 0 Å². The number of rotatable bonds is 1. The zero-order chi connectivity index (χ0) is 14.4. The van der Waals surface area contributed by atoms with Crippen molar-refractivity contribution in [2.75, 3.05) is 0 Å². The molecule has 0 aromatic carbocycles. The van der Waals surface area contributed by atoms with E-state index in [-0.39, 0.29) is 0 Å². The maximum absolute atomic E-state index is 10.1. The van der Waals surface area contributed by atoms with Gasteiger partial charge in [0.1, 0.15) is 29.5 Å². The minimum Gasteiger partial charge on any atom is -0.388 e. The van der Waals surface area contributed by atoms with Gasteiger partial charge in [-0.05, 0) is 6.92 Å². The summed E-state index contributed by atoms with van der Waals surface area (Å²) in [6, 6.07) is 0. The lowest BCUT2D eigenvalue weighted by Crippen LogP contribution is -2.54. The molecule has 3 heterocycles. The number of aromatic nitrogens is 4. The molecule has 0 radical (unpaired) electrons. The second-order valence-electron chi connectivity index (χ2n) is 4.76. The fourth-order valence-electron chi connectivity index (χ4n) is 2.33. The van der Waals surface area contributed by atoms with Gasteiger partial charge in [0.25, 0.3) is 0 Å². The summed E-state index contributed by atoms with van der Waals surface area (Å²) in [6.07, 6.45) is -2.35. The van der Waals surface area contributed by atoms with E-state index in [0.717, 1.165) is 0 Å². The lowest BCUT2D eigenvalue weighted by Gasteiger charge is -2.39. The van der Waals surface area contributed by atoms with Crippen molar-refractivity contribution < 1.29 is 20.1 Å². The highest BCUT2D eigenvalue weighted by Crippen LogP contribution is 2.29. The second kappa shape index (κ2) is 4.86. The molecule has 2 aromatic rings. The van der Waals surface area contributed by atoms with Crippen molar-refractivity contribution in [2.24, 2.45) is 0 Å². The van der Waals surface area contributed by atoms with Crippen molar-refractivity contribution in [1.29, 1.82) is 0 Å². The number of hydrogen-bond donors (Lipinski definition) is 4. The highest BCUT2D eigenvalue weighted by molar-refractivity contribution is 7.71. The Kier molecular flexibility index (Phi) is 3.30. The zero-order valence-electron chi connectivity index (χ0n) is 10.5. The molecule has 5 atom stereocenters. The fourth-order valence-corrected chi connectivity index (χ4v) is 2.53. The molecule has 9 heteroatoms. The molecule has 0 spiro atoms. The monoisotopic (exact) mass is 298 g/mol. The summed E-state index contributed by atoms with van der Waals surface area (Å²) in [5, 5.41) is 29.6. The Hall–Kier alpha value is -1.39. The average molecular weight is 298 g/mol. The van der Waals surface area contributed by atoms with E-state index in [1.165, 1.54) is 17.2 Å². The molecule has 2 aromatic heterocycles. The number of hydrogen-bond acceptors (Lipinski definition) is 7. The van der Waals surface area contributed by atoms with E-state index in [2.05, 4.69) is 15.0 Å². The molecule has 20 heavy (non-hydrogen) atoms. The minimum atomic E-state index is -1.30. The lowest BCUT2D eigenvalue weighted by molar-refractivity contribution is -0.239. The van der Waals surface area contributed by atoms with E-state index in [9.17, 15) is 15.3 Å². The van der Waals surface area contributed by atoms with Gasteiger partial charge in [-0.15, -0.1) is 0 Å². The van der Waals surface area contributed by atoms with Crippen molar-refractivity contribution in [3.63, 3.8) is 0 Å². The maximum atomic E-state index is 10.1. The molecule has 8 nitrogen and oxygen atoms in total. The predicted molar refractivity (Wildman–Crippen MR) is 70.3 cm³/mol. The third-order valence-corrected chi connectivity index (χ3v) is 3.78. The predicted octanol–water partition coefficient (Wildman–Crippen LogP) is -0.511. The fraction of sp³-hybridized carbons (Fsp3) is 0.545. The molecule has 1 aliphatic rings. The normalized spacial score (nSPS) is 34.5. The van der Waals surface area contributed by atoms with Crippen LogP contribution in [0.25, 0.3) is 11.2 Å². The molecule has 0 aliphatic carbocycles. The van der Waals surface area contributed by atoms with E-state index in [0.29, 0.717) is 15.8 Å². The Balaban J connectivity index is 2.07. The molecule has 1 aliphatic heterocycles. The molecule has 0 saturated carbocycles. The summed E-state index contributed by atoms with van der Waals surface area (Å²) in [5.74, 6) is 0. The first kappa shape index (κ1) is 13.6. The number of ether oxygens (including phenoxy) is 1. The van der Waals surface area contributed by atoms with Crippen LogP contribution in [-0.4, -0.2) is 59.3 Å². The first-order valence-corrected chi connectivity index (χ1v) is 6.51. The van der Waals surface area contributed by atoms with Gasteiger partial charge >= 0.3 is 0 Å². The van der Waals surface area contributed by atoms with Crippen LogP contribution in [0.5, 0.6) is 0 Å². The minimum absolute atomic E-state index is 0.330. The molecule has 108 valence electrons. The highest BCUT2D eigenvalue weighted by atomic mass is 32.1. The lowest BCUT2D eigenvalue weighted by atomic mass is 9.99. The van der Waals surface area contributed by atoms with E-state index in [1.54, 1.807) is 6.92 Å². The van der Waals surface area contributed by atoms with Gasteiger partial charge in [-0.1, -0.05) is 12.2 Å². The van der Waals surface area contributed by atoms with Crippen LogP contribution in [-0.2, 0) is 4.74 Å². The zero-order valence-corrected chi connectivity index (χ0v) is 11.4. The smallest absolute Gasteiger partial charge is 0.165 e. The van der Waals surface area contributed by atoms with Crippen LogP contribution in [0.2, 0.25) is 0 Å². The topological polar surface area (TPSA) is 116 Å². The van der Waals surface area contributed by atoms with Gasteiger partial charge in [-0.3, -0.25) is 4.57 Å². The second-order valence-corrected chi connectivity index (χ2v) is 5.15. The van der Waals surface area contributed by atoms with Gasteiger partial charge in [0, 0.05) is 0 Å². The van der Waals surface area contributed by atoms with Crippen molar-refractivity contribution >= 4 is 23.4 Å². The Morgan fingerprint density at radius 3 is 2.75 bits per heavy atom. The molecular weight excluding hydrogens is 284 g/mol. The van der Waals surface area contributed by atoms with E-state index >= 15 is 0 Å². The van der Waals surface area contributed by atoms with Crippen LogP contribution in [0.1, 0.15) is 13.2 Å². The highest BCUT2D eigenvalue weighted by Gasteiger charge is 2.43. The molecule has 4 N–H and O–H groups in total. The Morgan fingerprint density at radius 2 is 2.00 bits per heavy atom. The largest absolute Gasteiger partial charge is 0.388 e. The Morgan fingerprint density at radius 1 is 1.25 bits per heavy atom.